The number of hydrogen-bond donors (Lipinski definition) is 1. The first kappa shape index (κ1) is 15.3. The number of aromatic nitrogens is 1. The first-order chi connectivity index (χ1) is 9.49. The molecule has 0 aliphatic carbocycles. The van der Waals surface area contributed by atoms with E-state index in [-0.39, 0.29) is 5.54 Å². The van der Waals surface area contributed by atoms with Gasteiger partial charge in [0.2, 0.25) is 0 Å². The van der Waals surface area contributed by atoms with Gasteiger partial charge in [-0.05, 0) is 27.2 Å². The summed E-state index contributed by atoms with van der Waals surface area (Å²) >= 11 is 0. The number of ether oxygens (including phenoxy) is 1. The molecule has 1 N–H and O–H groups in total. The zero-order valence-electron chi connectivity index (χ0n) is 13.4. The van der Waals surface area contributed by atoms with E-state index in [0.29, 0.717) is 0 Å². The van der Waals surface area contributed by atoms with E-state index in [0.717, 1.165) is 49.6 Å². The molecule has 1 atom stereocenters. The highest BCUT2D eigenvalue weighted by molar-refractivity contribution is 5.41. The van der Waals surface area contributed by atoms with Crippen LogP contribution in [-0.2, 0) is 6.54 Å². The van der Waals surface area contributed by atoms with Gasteiger partial charge < -0.3 is 10.1 Å². The molecule has 0 spiro atoms. The molecule has 0 saturated carbocycles. The predicted octanol–water partition coefficient (Wildman–Crippen LogP) is 2.28. The Hall–Kier alpha value is -1.13. The van der Waals surface area contributed by atoms with Gasteiger partial charge in [-0.3, -0.25) is 9.88 Å². The van der Waals surface area contributed by atoms with Gasteiger partial charge in [0.15, 0.2) is 0 Å². The topological polar surface area (TPSA) is 37.4 Å². The average molecular weight is 277 g/mol. The summed E-state index contributed by atoms with van der Waals surface area (Å²) < 4.78 is 5.50. The number of rotatable bonds is 4. The van der Waals surface area contributed by atoms with Crippen LogP contribution in [0.1, 0.15) is 37.1 Å². The molecule has 2 heterocycles. The zero-order chi connectivity index (χ0) is 14.8. The molecular formula is C16H27N3O. The van der Waals surface area contributed by atoms with E-state index in [1.54, 1.807) is 7.11 Å². The van der Waals surface area contributed by atoms with Crippen LogP contribution >= 0.6 is 0 Å². The molecule has 1 aliphatic heterocycles. The molecule has 1 aliphatic rings. The molecule has 1 fully saturated rings. The van der Waals surface area contributed by atoms with Crippen molar-refractivity contribution in [2.45, 2.75) is 46.2 Å². The highest BCUT2D eigenvalue weighted by atomic mass is 16.5. The minimum absolute atomic E-state index is 0.223. The lowest BCUT2D eigenvalue weighted by molar-refractivity contribution is 0.132. The van der Waals surface area contributed by atoms with E-state index in [2.05, 4.69) is 36.0 Å². The molecule has 2 rings (SSSR count). The van der Waals surface area contributed by atoms with Gasteiger partial charge in [0.25, 0.3) is 0 Å². The molecule has 0 aromatic carbocycles. The van der Waals surface area contributed by atoms with Crippen molar-refractivity contribution in [3.63, 3.8) is 0 Å². The van der Waals surface area contributed by atoms with Crippen molar-refractivity contribution in [2.24, 2.45) is 0 Å². The number of piperazine rings is 1. The molecule has 1 unspecified atom stereocenters. The average Bonchev–Trinajstić information content (AvgIpc) is 2.43. The maximum atomic E-state index is 5.50. The summed E-state index contributed by atoms with van der Waals surface area (Å²) in [5.74, 6) is 0.975. The lowest BCUT2D eigenvalue weighted by atomic mass is 9.95. The Morgan fingerprint density at radius 1 is 1.45 bits per heavy atom. The number of hydrogen-bond acceptors (Lipinski definition) is 4. The molecular weight excluding hydrogens is 250 g/mol. The normalized spacial score (nSPS) is 23.9. The third kappa shape index (κ3) is 3.13. The molecule has 4 heteroatoms. The van der Waals surface area contributed by atoms with Crippen molar-refractivity contribution < 1.29 is 4.74 Å². The van der Waals surface area contributed by atoms with Crippen LogP contribution in [-0.4, -0.2) is 42.2 Å². The number of nitrogens with one attached hydrogen (secondary N) is 1. The second-order valence-corrected chi connectivity index (χ2v) is 6.10. The minimum atomic E-state index is 0.223. The van der Waals surface area contributed by atoms with E-state index in [1.165, 1.54) is 5.56 Å². The Morgan fingerprint density at radius 3 is 2.85 bits per heavy atom. The first-order valence-electron chi connectivity index (χ1n) is 7.45. The molecule has 1 aromatic heterocycles. The van der Waals surface area contributed by atoms with Crippen molar-refractivity contribution in [2.75, 3.05) is 26.7 Å². The maximum absolute atomic E-state index is 5.50. The highest BCUT2D eigenvalue weighted by Gasteiger charge is 2.29. The molecule has 4 nitrogen and oxygen atoms in total. The third-order valence-electron chi connectivity index (χ3n) is 4.46. The van der Waals surface area contributed by atoms with Gasteiger partial charge in [0, 0.05) is 49.0 Å². The molecule has 0 bridgehead atoms. The first-order valence-corrected chi connectivity index (χ1v) is 7.45. The molecule has 1 saturated heterocycles. The Labute approximate surface area is 122 Å². The van der Waals surface area contributed by atoms with Crippen LogP contribution in [0.2, 0.25) is 0 Å². The summed E-state index contributed by atoms with van der Waals surface area (Å²) in [6.07, 6.45) is 3.06. The Bertz CT molecular complexity index is 475. The van der Waals surface area contributed by atoms with Crippen LogP contribution in [0.4, 0.5) is 0 Å². The number of pyridine rings is 1. The van der Waals surface area contributed by atoms with E-state index < -0.39 is 0 Å². The summed E-state index contributed by atoms with van der Waals surface area (Å²) in [7, 11) is 1.73. The third-order valence-corrected chi connectivity index (χ3v) is 4.46. The standard InChI is InChI=1S/C16H27N3O/c1-6-16(4)11-19(8-7-18-16)10-14-13(3)15(20-5)12(2)9-17-14/h9,18H,6-8,10-11H2,1-5H3. The van der Waals surface area contributed by atoms with Gasteiger partial charge in [-0.25, -0.2) is 0 Å². The van der Waals surface area contributed by atoms with Crippen molar-refractivity contribution in [3.05, 3.63) is 23.0 Å². The smallest absolute Gasteiger partial charge is 0.128 e. The summed E-state index contributed by atoms with van der Waals surface area (Å²) in [4.78, 5) is 7.10. The lowest BCUT2D eigenvalue weighted by Crippen LogP contribution is -2.58. The summed E-state index contributed by atoms with van der Waals surface area (Å²) in [5, 5.41) is 3.62. The quantitative estimate of drug-likeness (QED) is 0.916. The van der Waals surface area contributed by atoms with E-state index in [9.17, 15) is 0 Å². The van der Waals surface area contributed by atoms with E-state index >= 15 is 0 Å². The van der Waals surface area contributed by atoms with Gasteiger partial charge in [-0.15, -0.1) is 0 Å². The van der Waals surface area contributed by atoms with Gasteiger partial charge in [0.05, 0.1) is 12.8 Å². The fourth-order valence-corrected chi connectivity index (χ4v) is 2.96. The molecule has 112 valence electrons. The maximum Gasteiger partial charge on any atom is 0.128 e. The second-order valence-electron chi connectivity index (χ2n) is 6.10. The number of aryl methyl sites for hydroxylation is 1. The molecule has 1 aromatic rings. The van der Waals surface area contributed by atoms with Gasteiger partial charge >= 0.3 is 0 Å². The Balaban J connectivity index is 2.14. The Morgan fingerprint density at radius 2 is 2.20 bits per heavy atom. The molecule has 0 amide bonds. The molecule has 0 radical (unpaired) electrons. The predicted molar refractivity (Wildman–Crippen MR) is 82.2 cm³/mol. The lowest BCUT2D eigenvalue weighted by Gasteiger charge is -2.41. The van der Waals surface area contributed by atoms with E-state index in [4.69, 9.17) is 4.74 Å². The van der Waals surface area contributed by atoms with Crippen LogP contribution in [0.15, 0.2) is 6.20 Å². The van der Waals surface area contributed by atoms with E-state index in [1.807, 2.05) is 13.1 Å². The summed E-state index contributed by atoms with van der Waals surface area (Å²) in [6, 6.07) is 0. The minimum Gasteiger partial charge on any atom is -0.496 e. The van der Waals surface area contributed by atoms with Gasteiger partial charge in [-0.1, -0.05) is 6.92 Å². The van der Waals surface area contributed by atoms with Crippen molar-refractivity contribution in [3.8, 4) is 5.75 Å². The van der Waals surface area contributed by atoms with Crippen LogP contribution in [0.25, 0.3) is 0 Å². The van der Waals surface area contributed by atoms with Crippen LogP contribution < -0.4 is 10.1 Å². The zero-order valence-corrected chi connectivity index (χ0v) is 13.4. The second kappa shape index (κ2) is 6.10. The van der Waals surface area contributed by atoms with Crippen molar-refractivity contribution in [1.29, 1.82) is 0 Å². The number of nitrogens with zero attached hydrogens (tertiary/aromatic N) is 2. The Kier molecular flexibility index (Phi) is 4.66. The van der Waals surface area contributed by atoms with Crippen LogP contribution in [0.5, 0.6) is 5.75 Å². The number of methoxy groups -OCH3 is 1. The fourth-order valence-electron chi connectivity index (χ4n) is 2.96. The van der Waals surface area contributed by atoms with Gasteiger partial charge in [-0.2, -0.15) is 0 Å². The van der Waals surface area contributed by atoms with Gasteiger partial charge in [0.1, 0.15) is 5.75 Å². The fraction of sp³-hybridized carbons (Fsp3) is 0.688. The highest BCUT2D eigenvalue weighted by Crippen LogP contribution is 2.25. The van der Waals surface area contributed by atoms with Crippen LogP contribution in [0.3, 0.4) is 0 Å². The SMILES string of the molecule is CCC1(C)CN(Cc2ncc(C)c(OC)c2C)CCN1. The molecule has 20 heavy (non-hydrogen) atoms. The largest absolute Gasteiger partial charge is 0.496 e. The van der Waals surface area contributed by atoms with Crippen molar-refractivity contribution >= 4 is 0 Å². The monoisotopic (exact) mass is 277 g/mol. The van der Waals surface area contributed by atoms with Crippen molar-refractivity contribution in [1.82, 2.24) is 15.2 Å². The van der Waals surface area contributed by atoms with Crippen LogP contribution in [0, 0.1) is 13.8 Å². The summed E-state index contributed by atoms with van der Waals surface area (Å²) in [5.41, 5.74) is 3.63. The summed E-state index contributed by atoms with van der Waals surface area (Å²) in [6.45, 7) is 12.8.